The standard InChI is InChI=1S/C18H12ClF4NO2S/c19-15-12-6-3-10(18(21,22)23)7-14(12)27-16(15)17(26)24-8-13(25)9-1-4-11(20)5-2-9/h1-7,13,25H,8H2,(H,24,26). The Morgan fingerprint density at radius 1 is 1.19 bits per heavy atom. The van der Waals surface area contributed by atoms with E-state index in [9.17, 15) is 27.5 Å². The molecule has 0 saturated heterocycles. The van der Waals surface area contributed by atoms with Crippen LogP contribution in [0.2, 0.25) is 5.02 Å². The minimum Gasteiger partial charge on any atom is -0.387 e. The van der Waals surface area contributed by atoms with Gasteiger partial charge in [-0.15, -0.1) is 11.3 Å². The van der Waals surface area contributed by atoms with Crippen LogP contribution >= 0.6 is 22.9 Å². The first-order valence-corrected chi connectivity index (χ1v) is 8.87. The highest BCUT2D eigenvalue weighted by Gasteiger charge is 2.31. The summed E-state index contributed by atoms with van der Waals surface area (Å²) in [6.07, 6.45) is -5.56. The third-order valence-electron chi connectivity index (χ3n) is 3.87. The van der Waals surface area contributed by atoms with Crippen LogP contribution in [0.3, 0.4) is 0 Å². The summed E-state index contributed by atoms with van der Waals surface area (Å²) in [4.78, 5) is 12.4. The van der Waals surface area contributed by atoms with Gasteiger partial charge in [-0.2, -0.15) is 13.2 Å². The molecule has 0 fully saturated rings. The van der Waals surface area contributed by atoms with Crippen molar-refractivity contribution in [3.8, 4) is 0 Å². The Bertz CT molecular complexity index is 985. The molecule has 1 aromatic heterocycles. The van der Waals surface area contributed by atoms with Crippen LogP contribution in [0, 0.1) is 5.82 Å². The molecule has 1 atom stereocenters. The molecule has 0 radical (unpaired) electrons. The molecule has 0 saturated carbocycles. The molecule has 1 heterocycles. The van der Waals surface area contributed by atoms with E-state index in [1.165, 1.54) is 30.3 Å². The number of hydrogen-bond donors (Lipinski definition) is 2. The number of alkyl halides is 3. The van der Waals surface area contributed by atoms with E-state index in [0.717, 1.165) is 23.5 Å². The number of hydrogen-bond acceptors (Lipinski definition) is 3. The van der Waals surface area contributed by atoms with Crippen LogP contribution in [-0.2, 0) is 6.18 Å². The molecule has 0 spiro atoms. The van der Waals surface area contributed by atoms with Gasteiger partial charge in [0.25, 0.3) is 5.91 Å². The molecular formula is C18H12ClF4NO2S. The normalized spacial score (nSPS) is 13.0. The number of nitrogens with one attached hydrogen (secondary N) is 1. The fourth-order valence-corrected chi connectivity index (χ4v) is 3.93. The lowest BCUT2D eigenvalue weighted by Gasteiger charge is -2.12. The summed E-state index contributed by atoms with van der Waals surface area (Å²) in [5.74, 6) is -1.07. The Hall–Kier alpha value is -2.16. The first kappa shape index (κ1) is 19.6. The minimum atomic E-state index is -4.49. The first-order valence-electron chi connectivity index (χ1n) is 7.68. The summed E-state index contributed by atoms with van der Waals surface area (Å²) in [6, 6.07) is 8.20. The molecule has 3 aromatic rings. The summed E-state index contributed by atoms with van der Waals surface area (Å²) in [7, 11) is 0. The third kappa shape index (κ3) is 4.23. The van der Waals surface area contributed by atoms with Gasteiger partial charge in [-0.05, 0) is 29.8 Å². The number of thiophene rings is 1. The summed E-state index contributed by atoms with van der Waals surface area (Å²) >= 11 is 6.97. The van der Waals surface area contributed by atoms with Crippen molar-refractivity contribution < 1.29 is 27.5 Å². The lowest BCUT2D eigenvalue weighted by atomic mass is 10.1. The third-order valence-corrected chi connectivity index (χ3v) is 5.53. The molecule has 1 amide bonds. The van der Waals surface area contributed by atoms with Crippen molar-refractivity contribution in [2.24, 2.45) is 0 Å². The summed E-state index contributed by atoms with van der Waals surface area (Å²) in [5.41, 5.74) is -0.416. The van der Waals surface area contributed by atoms with Crippen molar-refractivity contribution in [1.82, 2.24) is 5.32 Å². The van der Waals surface area contributed by atoms with Gasteiger partial charge in [-0.25, -0.2) is 4.39 Å². The van der Waals surface area contributed by atoms with E-state index in [2.05, 4.69) is 5.32 Å². The second-order valence-electron chi connectivity index (χ2n) is 5.73. The smallest absolute Gasteiger partial charge is 0.387 e. The van der Waals surface area contributed by atoms with Gasteiger partial charge in [0.15, 0.2) is 0 Å². The topological polar surface area (TPSA) is 49.3 Å². The van der Waals surface area contributed by atoms with Crippen LogP contribution in [0.1, 0.15) is 26.9 Å². The molecule has 0 aliphatic carbocycles. The SMILES string of the molecule is O=C(NCC(O)c1ccc(F)cc1)c1sc2cc(C(F)(F)F)ccc2c1Cl. The Morgan fingerprint density at radius 3 is 2.48 bits per heavy atom. The van der Waals surface area contributed by atoms with E-state index in [1.807, 2.05) is 0 Å². The predicted molar refractivity (Wildman–Crippen MR) is 95.5 cm³/mol. The average molecular weight is 418 g/mol. The van der Waals surface area contributed by atoms with Gasteiger partial charge in [0.2, 0.25) is 0 Å². The first-order chi connectivity index (χ1) is 12.7. The van der Waals surface area contributed by atoms with Crippen LogP contribution in [0.4, 0.5) is 17.6 Å². The lowest BCUT2D eigenvalue weighted by Crippen LogP contribution is -2.27. The van der Waals surface area contributed by atoms with Gasteiger partial charge in [0.05, 0.1) is 16.7 Å². The van der Waals surface area contributed by atoms with Crippen LogP contribution < -0.4 is 5.32 Å². The largest absolute Gasteiger partial charge is 0.416 e. The van der Waals surface area contributed by atoms with Crippen molar-refractivity contribution in [2.75, 3.05) is 6.54 Å². The quantitative estimate of drug-likeness (QED) is 0.575. The zero-order valence-electron chi connectivity index (χ0n) is 13.5. The molecule has 2 aromatic carbocycles. The molecule has 1 unspecified atom stereocenters. The van der Waals surface area contributed by atoms with Gasteiger partial charge in [0.1, 0.15) is 10.7 Å². The average Bonchev–Trinajstić information content (AvgIpc) is 2.95. The van der Waals surface area contributed by atoms with Crippen LogP contribution in [0.5, 0.6) is 0 Å². The number of rotatable bonds is 4. The Labute approximate surface area is 160 Å². The van der Waals surface area contributed by atoms with Crippen molar-refractivity contribution >= 4 is 38.9 Å². The van der Waals surface area contributed by atoms with Crippen molar-refractivity contribution in [3.05, 3.63) is 69.3 Å². The van der Waals surface area contributed by atoms with Crippen molar-refractivity contribution in [1.29, 1.82) is 0 Å². The van der Waals surface area contributed by atoms with Crippen molar-refractivity contribution in [2.45, 2.75) is 12.3 Å². The molecular weight excluding hydrogens is 406 g/mol. The lowest BCUT2D eigenvalue weighted by molar-refractivity contribution is -0.137. The highest BCUT2D eigenvalue weighted by Crippen LogP contribution is 2.39. The zero-order valence-corrected chi connectivity index (χ0v) is 15.1. The number of amides is 1. The van der Waals surface area contributed by atoms with Gasteiger partial charge >= 0.3 is 6.18 Å². The molecule has 3 nitrogen and oxygen atoms in total. The second kappa shape index (κ2) is 7.46. The van der Waals surface area contributed by atoms with Gasteiger partial charge < -0.3 is 10.4 Å². The van der Waals surface area contributed by atoms with E-state index >= 15 is 0 Å². The molecule has 0 bridgehead atoms. The van der Waals surface area contributed by atoms with E-state index in [1.54, 1.807) is 0 Å². The Balaban J connectivity index is 1.77. The second-order valence-corrected chi connectivity index (χ2v) is 7.16. The number of halogens is 5. The summed E-state index contributed by atoms with van der Waals surface area (Å²) in [5, 5.41) is 12.9. The maximum Gasteiger partial charge on any atom is 0.416 e. The van der Waals surface area contributed by atoms with E-state index in [4.69, 9.17) is 11.6 Å². The maximum absolute atomic E-state index is 12.9. The van der Waals surface area contributed by atoms with E-state index in [-0.39, 0.29) is 21.1 Å². The van der Waals surface area contributed by atoms with Gasteiger partial charge in [-0.3, -0.25) is 4.79 Å². The molecule has 142 valence electrons. The number of carbonyl (C=O) groups is 1. The van der Waals surface area contributed by atoms with Crippen LogP contribution in [-0.4, -0.2) is 17.6 Å². The zero-order chi connectivity index (χ0) is 19.8. The maximum atomic E-state index is 12.9. The fourth-order valence-electron chi connectivity index (χ4n) is 2.46. The van der Waals surface area contributed by atoms with Crippen molar-refractivity contribution in [3.63, 3.8) is 0 Å². The Morgan fingerprint density at radius 2 is 1.85 bits per heavy atom. The Kier molecular flexibility index (Phi) is 5.41. The number of fused-ring (bicyclic) bond motifs is 1. The summed E-state index contributed by atoms with van der Waals surface area (Å²) in [6.45, 7) is -0.164. The van der Waals surface area contributed by atoms with E-state index < -0.39 is 29.6 Å². The molecule has 2 N–H and O–H groups in total. The molecule has 3 rings (SSSR count). The highest BCUT2D eigenvalue weighted by atomic mass is 35.5. The fraction of sp³-hybridized carbons (Fsp3) is 0.167. The minimum absolute atomic E-state index is 0.0531. The van der Waals surface area contributed by atoms with Crippen LogP contribution in [0.15, 0.2) is 42.5 Å². The van der Waals surface area contributed by atoms with Gasteiger partial charge in [-0.1, -0.05) is 29.8 Å². The predicted octanol–water partition coefficient (Wildman–Crippen LogP) is 5.18. The molecule has 0 aliphatic heterocycles. The van der Waals surface area contributed by atoms with Crippen LogP contribution in [0.25, 0.3) is 10.1 Å². The number of aliphatic hydroxyl groups excluding tert-OH is 1. The number of benzene rings is 2. The highest BCUT2D eigenvalue weighted by molar-refractivity contribution is 7.21. The van der Waals surface area contributed by atoms with Gasteiger partial charge in [0, 0.05) is 16.6 Å². The monoisotopic (exact) mass is 417 g/mol. The molecule has 9 heteroatoms. The molecule has 0 aliphatic rings. The number of aliphatic hydroxyl groups is 1. The number of carbonyl (C=O) groups excluding carboxylic acids is 1. The summed E-state index contributed by atoms with van der Waals surface area (Å²) < 4.78 is 51.6. The van der Waals surface area contributed by atoms with E-state index in [0.29, 0.717) is 10.9 Å². The molecule has 27 heavy (non-hydrogen) atoms.